The Morgan fingerprint density at radius 1 is 1.53 bits per heavy atom. The number of hydrogen-bond acceptors (Lipinski definition) is 3. The van der Waals surface area contributed by atoms with Crippen LogP contribution in [0.5, 0.6) is 0 Å². The molecule has 0 aliphatic carbocycles. The second-order valence-electron chi connectivity index (χ2n) is 4.01. The molecule has 2 aromatic heterocycles. The number of H-pyrrole nitrogens is 1. The minimum Gasteiger partial charge on any atom is -0.477 e. The molecule has 1 amide bonds. The lowest BCUT2D eigenvalue weighted by Gasteiger charge is -2.06. The van der Waals surface area contributed by atoms with Gasteiger partial charge in [0, 0.05) is 18.8 Å². The fraction of sp³-hybridized carbons (Fsp3) is 0.250. The van der Waals surface area contributed by atoms with Gasteiger partial charge in [-0.1, -0.05) is 6.92 Å². The van der Waals surface area contributed by atoms with Crippen LogP contribution in [-0.2, 0) is 6.54 Å². The molecule has 0 spiro atoms. The standard InChI is InChI=1S/C12H14N4O3/c1-2-5-16-6-3-4-9(16)11(17)13-10-7-8(12(18)19)14-15-10/h3-4,6-7H,2,5H2,1H3,(H,18,19)(H2,13,14,15,17). The Labute approximate surface area is 109 Å². The van der Waals surface area contributed by atoms with Crippen molar-refractivity contribution in [3.05, 3.63) is 35.8 Å². The maximum absolute atomic E-state index is 12.0. The van der Waals surface area contributed by atoms with Crippen molar-refractivity contribution in [2.45, 2.75) is 19.9 Å². The third kappa shape index (κ3) is 2.82. The van der Waals surface area contributed by atoms with Gasteiger partial charge in [0.15, 0.2) is 5.82 Å². The smallest absolute Gasteiger partial charge is 0.353 e. The molecular formula is C12H14N4O3. The predicted octanol–water partition coefficient (Wildman–Crippen LogP) is 1.57. The number of anilines is 1. The maximum atomic E-state index is 12.0. The van der Waals surface area contributed by atoms with Crippen LogP contribution in [0.1, 0.15) is 34.3 Å². The summed E-state index contributed by atoms with van der Waals surface area (Å²) in [4.78, 5) is 22.7. The molecule has 0 fully saturated rings. The molecule has 0 saturated carbocycles. The van der Waals surface area contributed by atoms with Crippen molar-refractivity contribution in [2.24, 2.45) is 0 Å². The number of carbonyl (C=O) groups excluding carboxylic acids is 1. The number of carbonyl (C=O) groups is 2. The van der Waals surface area contributed by atoms with Crippen molar-refractivity contribution >= 4 is 17.7 Å². The van der Waals surface area contributed by atoms with Crippen molar-refractivity contribution in [3.8, 4) is 0 Å². The lowest BCUT2D eigenvalue weighted by molar-refractivity contribution is 0.0690. The first-order valence-electron chi connectivity index (χ1n) is 5.87. The molecular weight excluding hydrogens is 248 g/mol. The number of aromatic amines is 1. The summed E-state index contributed by atoms with van der Waals surface area (Å²) in [6.45, 7) is 2.77. The molecule has 0 unspecified atom stereocenters. The Hall–Kier alpha value is -2.57. The maximum Gasteiger partial charge on any atom is 0.353 e. The Morgan fingerprint density at radius 3 is 2.95 bits per heavy atom. The summed E-state index contributed by atoms with van der Waals surface area (Å²) in [7, 11) is 0. The minimum absolute atomic E-state index is 0.0701. The van der Waals surface area contributed by atoms with Gasteiger partial charge in [-0.05, 0) is 18.6 Å². The van der Waals surface area contributed by atoms with Gasteiger partial charge in [-0.15, -0.1) is 0 Å². The van der Waals surface area contributed by atoms with Gasteiger partial charge in [-0.3, -0.25) is 9.89 Å². The molecule has 3 N–H and O–H groups in total. The molecule has 0 saturated heterocycles. The lowest BCUT2D eigenvalue weighted by atomic mass is 10.3. The number of nitrogens with one attached hydrogen (secondary N) is 2. The molecule has 0 atom stereocenters. The van der Waals surface area contributed by atoms with E-state index in [2.05, 4.69) is 15.5 Å². The molecule has 2 aromatic rings. The number of nitrogens with zero attached hydrogens (tertiary/aromatic N) is 2. The summed E-state index contributed by atoms with van der Waals surface area (Å²) in [5, 5.41) is 17.3. The summed E-state index contributed by atoms with van der Waals surface area (Å²) < 4.78 is 1.83. The van der Waals surface area contributed by atoms with Crippen molar-refractivity contribution in [1.82, 2.24) is 14.8 Å². The van der Waals surface area contributed by atoms with Crippen molar-refractivity contribution in [2.75, 3.05) is 5.32 Å². The second-order valence-corrected chi connectivity index (χ2v) is 4.01. The van der Waals surface area contributed by atoms with Gasteiger partial charge < -0.3 is 15.0 Å². The number of aromatic nitrogens is 3. The number of aryl methyl sites for hydroxylation is 1. The van der Waals surface area contributed by atoms with E-state index in [0.29, 0.717) is 5.69 Å². The molecule has 0 aliphatic rings. The highest BCUT2D eigenvalue weighted by molar-refractivity contribution is 6.03. The number of amides is 1. The van der Waals surface area contributed by atoms with Gasteiger partial charge in [-0.2, -0.15) is 5.10 Å². The molecule has 0 radical (unpaired) electrons. The van der Waals surface area contributed by atoms with Crippen molar-refractivity contribution in [1.29, 1.82) is 0 Å². The quantitative estimate of drug-likeness (QED) is 0.761. The van der Waals surface area contributed by atoms with Crippen LogP contribution < -0.4 is 5.32 Å². The number of carboxylic acids is 1. The number of carboxylic acid groups (broad SMARTS) is 1. The van der Waals surface area contributed by atoms with Crippen LogP contribution in [0.3, 0.4) is 0 Å². The van der Waals surface area contributed by atoms with Crippen LogP contribution in [0.2, 0.25) is 0 Å². The Balaban J connectivity index is 2.11. The molecule has 7 nitrogen and oxygen atoms in total. The highest BCUT2D eigenvalue weighted by Gasteiger charge is 2.13. The largest absolute Gasteiger partial charge is 0.477 e. The highest BCUT2D eigenvalue weighted by Crippen LogP contribution is 2.09. The molecule has 7 heteroatoms. The first-order valence-corrected chi connectivity index (χ1v) is 5.87. The molecule has 0 bridgehead atoms. The number of rotatable bonds is 5. The molecule has 2 heterocycles. The fourth-order valence-corrected chi connectivity index (χ4v) is 1.73. The normalized spacial score (nSPS) is 10.4. The van der Waals surface area contributed by atoms with E-state index in [1.54, 1.807) is 12.1 Å². The molecule has 100 valence electrons. The first-order chi connectivity index (χ1) is 9.11. The average Bonchev–Trinajstić information content (AvgIpc) is 2.98. The Bertz CT molecular complexity index is 600. The van der Waals surface area contributed by atoms with E-state index in [-0.39, 0.29) is 17.4 Å². The summed E-state index contributed by atoms with van der Waals surface area (Å²) >= 11 is 0. The SMILES string of the molecule is CCCn1cccc1C(=O)Nc1cc(C(=O)O)[nH]n1. The Morgan fingerprint density at radius 2 is 2.32 bits per heavy atom. The number of hydrogen-bond donors (Lipinski definition) is 3. The molecule has 19 heavy (non-hydrogen) atoms. The van der Waals surface area contributed by atoms with E-state index in [1.165, 1.54) is 6.07 Å². The minimum atomic E-state index is -1.12. The van der Waals surface area contributed by atoms with E-state index in [1.807, 2.05) is 17.7 Å². The molecule has 0 aromatic carbocycles. The van der Waals surface area contributed by atoms with Crippen LogP contribution in [0, 0.1) is 0 Å². The van der Waals surface area contributed by atoms with Crippen LogP contribution in [-0.4, -0.2) is 31.7 Å². The summed E-state index contributed by atoms with van der Waals surface area (Å²) in [5.74, 6) is -1.25. The molecule has 2 rings (SSSR count). The number of aromatic carboxylic acids is 1. The summed E-state index contributed by atoms with van der Waals surface area (Å²) in [6.07, 6.45) is 2.74. The zero-order valence-electron chi connectivity index (χ0n) is 10.4. The van der Waals surface area contributed by atoms with E-state index in [4.69, 9.17) is 5.11 Å². The van der Waals surface area contributed by atoms with E-state index in [0.717, 1.165) is 13.0 Å². The molecule has 0 aliphatic heterocycles. The van der Waals surface area contributed by atoms with Gasteiger partial charge in [0.1, 0.15) is 11.4 Å². The topological polar surface area (TPSA) is 100 Å². The van der Waals surface area contributed by atoms with Crippen molar-refractivity contribution in [3.63, 3.8) is 0 Å². The van der Waals surface area contributed by atoms with Gasteiger partial charge in [0.05, 0.1) is 0 Å². The Kier molecular flexibility index (Phi) is 3.65. The lowest BCUT2D eigenvalue weighted by Crippen LogP contribution is -2.17. The van der Waals surface area contributed by atoms with E-state index >= 15 is 0 Å². The second kappa shape index (κ2) is 5.38. The van der Waals surface area contributed by atoms with Gasteiger partial charge in [-0.25, -0.2) is 4.79 Å². The van der Waals surface area contributed by atoms with Crippen molar-refractivity contribution < 1.29 is 14.7 Å². The summed E-state index contributed by atoms with van der Waals surface area (Å²) in [6, 6.07) is 4.76. The third-order valence-corrected chi connectivity index (χ3v) is 2.58. The van der Waals surface area contributed by atoms with Crippen LogP contribution >= 0.6 is 0 Å². The van der Waals surface area contributed by atoms with Crippen LogP contribution in [0.4, 0.5) is 5.82 Å². The highest BCUT2D eigenvalue weighted by atomic mass is 16.4. The first kappa shape index (κ1) is 12.9. The zero-order valence-corrected chi connectivity index (χ0v) is 10.4. The fourth-order valence-electron chi connectivity index (χ4n) is 1.73. The van der Waals surface area contributed by atoms with Gasteiger partial charge in [0.2, 0.25) is 0 Å². The van der Waals surface area contributed by atoms with Gasteiger partial charge in [0.25, 0.3) is 5.91 Å². The predicted molar refractivity (Wildman–Crippen MR) is 68.2 cm³/mol. The van der Waals surface area contributed by atoms with Crippen LogP contribution in [0.25, 0.3) is 0 Å². The van der Waals surface area contributed by atoms with Crippen LogP contribution in [0.15, 0.2) is 24.4 Å². The average molecular weight is 262 g/mol. The third-order valence-electron chi connectivity index (χ3n) is 2.58. The van der Waals surface area contributed by atoms with Gasteiger partial charge >= 0.3 is 5.97 Å². The zero-order chi connectivity index (χ0) is 13.8. The van der Waals surface area contributed by atoms with E-state index in [9.17, 15) is 9.59 Å². The van der Waals surface area contributed by atoms with E-state index < -0.39 is 5.97 Å². The monoisotopic (exact) mass is 262 g/mol. The summed E-state index contributed by atoms with van der Waals surface area (Å²) in [5.41, 5.74) is 0.445.